The van der Waals surface area contributed by atoms with E-state index in [4.69, 9.17) is 4.74 Å². The van der Waals surface area contributed by atoms with Crippen LogP contribution in [-0.2, 0) is 14.4 Å². The van der Waals surface area contributed by atoms with Gasteiger partial charge in [0, 0.05) is 5.56 Å². The highest BCUT2D eigenvalue weighted by Gasteiger charge is 2.40. The van der Waals surface area contributed by atoms with E-state index in [-0.39, 0.29) is 12.4 Å². The van der Waals surface area contributed by atoms with E-state index >= 15 is 0 Å². The van der Waals surface area contributed by atoms with Crippen LogP contribution >= 0.6 is 0 Å². The Bertz CT molecular complexity index is 1070. The molecule has 2 aromatic carbocycles. The van der Waals surface area contributed by atoms with Crippen LogP contribution in [-0.4, -0.2) is 34.0 Å². The molecule has 0 aliphatic carbocycles. The highest BCUT2D eigenvalue weighted by molar-refractivity contribution is 7.86. The average molecular weight is 475 g/mol. The van der Waals surface area contributed by atoms with Crippen LogP contribution in [0.1, 0.15) is 12.5 Å². The maximum Gasteiger partial charge on any atom is 0.437 e. The first-order valence-electron chi connectivity index (χ1n) is 8.07. The molecule has 0 aliphatic rings. The number of methoxy groups -OCH3 is 1. The molecule has 31 heavy (non-hydrogen) atoms. The van der Waals surface area contributed by atoms with Gasteiger partial charge in [0.2, 0.25) is 11.6 Å². The first-order chi connectivity index (χ1) is 14.3. The lowest BCUT2D eigenvalue weighted by Crippen LogP contribution is -2.25. The van der Waals surface area contributed by atoms with Gasteiger partial charge in [-0.15, -0.1) is 0 Å². The Labute approximate surface area is 170 Å². The van der Waals surface area contributed by atoms with Crippen LogP contribution < -0.4 is 9.47 Å². The Balaban J connectivity index is 2.54. The predicted octanol–water partition coefficient (Wildman–Crippen LogP) is 4.32. The van der Waals surface area contributed by atoms with Gasteiger partial charge in [-0.25, -0.2) is 8.78 Å². The van der Waals surface area contributed by atoms with Crippen molar-refractivity contribution in [2.24, 2.45) is 5.16 Å². The number of rotatable bonds is 7. The van der Waals surface area contributed by atoms with E-state index < -0.39 is 61.5 Å². The molecule has 0 aromatic heterocycles. The summed E-state index contributed by atoms with van der Waals surface area (Å²) in [6.07, 6.45) is -5.28. The van der Waals surface area contributed by atoms with Gasteiger partial charge in [0.05, 0.1) is 13.7 Å². The number of hydrogen-bond donors (Lipinski definition) is 0. The molecule has 0 radical (unpaired) electrons. The van der Waals surface area contributed by atoms with Crippen molar-refractivity contribution in [1.82, 2.24) is 0 Å². The molecule has 0 saturated carbocycles. The van der Waals surface area contributed by atoms with Crippen molar-refractivity contribution in [1.29, 1.82) is 0 Å². The monoisotopic (exact) mass is 475 g/mol. The second-order valence-corrected chi connectivity index (χ2v) is 7.01. The van der Waals surface area contributed by atoms with Crippen molar-refractivity contribution in [3.63, 3.8) is 0 Å². The SMILES string of the molecule is CCOc1ccc(/C(=N\OS(=O)(=O)c2c(F)c(F)c(OC)c(F)c2F)C(F)(F)F)cc1. The lowest BCUT2D eigenvalue weighted by molar-refractivity contribution is -0.0597. The summed E-state index contributed by atoms with van der Waals surface area (Å²) in [6.45, 7) is 1.84. The van der Waals surface area contributed by atoms with Crippen LogP contribution in [0.5, 0.6) is 11.5 Å². The zero-order valence-electron chi connectivity index (χ0n) is 15.6. The summed E-state index contributed by atoms with van der Waals surface area (Å²) in [5.41, 5.74) is -2.60. The van der Waals surface area contributed by atoms with Crippen molar-refractivity contribution in [2.45, 2.75) is 18.0 Å². The molecule has 0 unspecified atom stereocenters. The minimum Gasteiger partial charge on any atom is -0.494 e. The van der Waals surface area contributed by atoms with Crippen LogP contribution in [0.25, 0.3) is 0 Å². The summed E-state index contributed by atoms with van der Waals surface area (Å²) in [5.74, 6) is -10.8. The van der Waals surface area contributed by atoms with Crippen molar-refractivity contribution in [3.8, 4) is 11.5 Å². The predicted molar refractivity (Wildman–Crippen MR) is 91.3 cm³/mol. The first-order valence-corrected chi connectivity index (χ1v) is 9.48. The molecule has 0 aliphatic heterocycles. The fraction of sp³-hybridized carbons (Fsp3) is 0.235. The fourth-order valence-electron chi connectivity index (χ4n) is 2.26. The summed E-state index contributed by atoms with van der Waals surface area (Å²) in [5, 5.41) is 2.43. The standard InChI is InChI=1S/C17H12F7NO5S/c1-3-29-9-6-4-8(5-7-9)16(17(22,23)24)25-30-31(26,27)15-12(20)10(18)14(28-2)11(19)13(15)21/h4-7H,3H2,1-2H3/b25-16+. The Hall–Kier alpha value is -3.03. The quantitative estimate of drug-likeness (QED) is 0.258. The van der Waals surface area contributed by atoms with Gasteiger partial charge in [-0.05, 0) is 31.2 Å². The molecule has 6 nitrogen and oxygen atoms in total. The zero-order valence-corrected chi connectivity index (χ0v) is 16.4. The molecule has 2 rings (SSSR count). The average Bonchev–Trinajstić information content (AvgIpc) is 2.67. The van der Waals surface area contributed by atoms with Gasteiger partial charge in [-0.3, -0.25) is 4.28 Å². The van der Waals surface area contributed by atoms with E-state index in [2.05, 4.69) is 14.2 Å². The van der Waals surface area contributed by atoms with Crippen molar-refractivity contribution in [3.05, 3.63) is 53.1 Å². The number of ether oxygens (including phenoxy) is 2. The summed E-state index contributed by atoms with van der Waals surface area (Å²) < 4.78 is 132. The normalized spacial score (nSPS) is 12.6. The third-order valence-corrected chi connectivity index (χ3v) is 4.70. The maximum absolute atomic E-state index is 14.0. The third-order valence-electron chi connectivity index (χ3n) is 3.57. The van der Waals surface area contributed by atoms with E-state index in [0.717, 1.165) is 24.3 Å². The molecule has 0 heterocycles. The van der Waals surface area contributed by atoms with E-state index in [0.29, 0.717) is 7.11 Å². The Morgan fingerprint density at radius 1 is 0.968 bits per heavy atom. The van der Waals surface area contributed by atoms with Gasteiger partial charge in [0.15, 0.2) is 28.0 Å². The highest BCUT2D eigenvalue weighted by atomic mass is 32.2. The highest BCUT2D eigenvalue weighted by Crippen LogP contribution is 2.33. The smallest absolute Gasteiger partial charge is 0.437 e. The second-order valence-electron chi connectivity index (χ2n) is 5.54. The Morgan fingerprint density at radius 2 is 1.48 bits per heavy atom. The summed E-state index contributed by atoms with van der Waals surface area (Å²) in [7, 11) is -5.23. The molecule has 170 valence electrons. The van der Waals surface area contributed by atoms with Gasteiger partial charge >= 0.3 is 16.3 Å². The van der Waals surface area contributed by atoms with Crippen LogP contribution in [0, 0.1) is 23.3 Å². The van der Waals surface area contributed by atoms with Crippen molar-refractivity contribution >= 4 is 15.8 Å². The minimum atomic E-state index is -5.87. The number of halogens is 7. The second kappa shape index (κ2) is 8.99. The van der Waals surface area contributed by atoms with E-state index in [1.807, 2.05) is 0 Å². The lowest BCUT2D eigenvalue weighted by Gasteiger charge is -2.12. The van der Waals surface area contributed by atoms with Crippen LogP contribution in [0.2, 0.25) is 0 Å². The third kappa shape index (κ3) is 5.00. The number of benzene rings is 2. The summed E-state index contributed by atoms with van der Waals surface area (Å²) in [4.78, 5) is -2.32. The maximum atomic E-state index is 14.0. The molecule has 2 aromatic rings. The van der Waals surface area contributed by atoms with Crippen LogP contribution in [0.3, 0.4) is 0 Å². The van der Waals surface area contributed by atoms with Crippen LogP contribution in [0.4, 0.5) is 30.7 Å². The van der Waals surface area contributed by atoms with Gasteiger partial charge in [-0.1, -0.05) is 5.16 Å². The molecule has 0 saturated heterocycles. The zero-order chi connectivity index (χ0) is 23.6. The van der Waals surface area contributed by atoms with Crippen LogP contribution in [0.15, 0.2) is 34.3 Å². The molecular weight excluding hydrogens is 463 g/mol. The van der Waals surface area contributed by atoms with E-state index in [1.54, 1.807) is 6.92 Å². The topological polar surface area (TPSA) is 74.2 Å². The number of alkyl halides is 3. The van der Waals surface area contributed by atoms with Crippen molar-refractivity contribution < 1.29 is 52.9 Å². The molecule has 0 bridgehead atoms. The van der Waals surface area contributed by atoms with Gasteiger partial charge in [-0.2, -0.15) is 30.4 Å². The Kier molecular flexibility index (Phi) is 7.03. The molecule has 0 amide bonds. The number of nitrogens with zero attached hydrogens (tertiary/aromatic N) is 1. The molecule has 0 spiro atoms. The molecule has 14 heteroatoms. The Morgan fingerprint density at radius 3 is 1.90 bits per heavy atom. The fourth-order valence-corrected chi connectivity index (χ4v) is 3.12. The molecule has 0 atom stereocenters. The largest absolute Gasteiger partial charge is 0.494 e. The lowest BCUT2D eigenvalue weighted by atomic mass is 10.1. The van der Waals surface area contributed by atoms with Gasteiger partial charge in [0.1, 0.15) is 5.75 Å². The first kappa shape index (κ1) is 24.2. The molecule has 0 fully saturated rings. The molecular formula is C17H12F7NO5S. The number of oxime groups is 1. The number of hydrogen-bond acceptors (Lipinski definition) is 6. The summed E-state index contributed by atoms with van der Waals surface area (Å²) >= 11 is 0. The van der Waals surface area contributed by atoms with Gasteiger partial charge < -0.3 is 9.47 Å². The van der Waals surface area contributed by atoms with Crippen molar-refractivity contribution in [2.75, 3.05) is 13.7 Å². The van der Waals surface area contributed by atoms with Gasteiger partial charge in [0.25, 0.3) is 0 Å². The molecule has 0 N–H and O–H groups in total. The van der Waals surface area contributed by atoms with E-state index in [1.165, 1.54) is 0 Å². The minimum absolute atomic E-state index is 0.189. The summed E-state index contributed by atoms with van der Waals surface area (Å²) in [6, 6.07) is 3.95. The van der Waals surface area contributed by atoms with E-state index in [9.17, 15) is 39.2 Å².